The molecule has 1 unspecified atom stereocenters. The summed E-state index contributed by atoms with van der Waals surface area (Å²) in [7, 11) is -1.38. The van der Waals surface area contributed by atoms with Crippen molar-refractivity contribution in [1.29, 1.82) is 0 Å². The molecule has 0 aliphatic heterocycles. The molecule has 0 heterocycles. The standard InChI is InChI=1S/C25H32BrFN4O4S/c1-18(25(33)28-22-9-4-5-10-22)30(16-19-7-6-8-20(26)15-19)24(32)17-31(36(34,35)29(2)3)23-13-11-21(27)12-14-23/h6-8,11-15,18,22H,4-5,9-10,16-17H2,1-3H3,(H,28,33). The maximum absolute atomic E-state index is 13.7. The average molecular weight is 584 g/mol. The molecule has 2 aromatic carbocycles. The number of anilines is 1. The Hall–Kier alpha value is -2.50. The van der Waals surface area contributed by atoms with Gasteiger partial charge in [-0.1, -0.05) is 40.9 Å². The molecule has 2 amide bonds. The minimum atomic E-state index is -4.09. The van der Waals surface area contributed by atoms with E-state index in [1.54, 1.807) is 6.92 Å². The molecule has 0 bridgehead atoms. The van der Waals surface area contributed by atoms with E-state index in [0.29, 0.717) is 0 Å². The third-order valence-electron chi connectivity index (χ3n) is 6.24. The summed E-state index contributed by atoms with van der Waals surface area (Å²) in [6.07, 6.45) is 3.90. The van der Waals surface area contributed by atoms with Crippen LogP contribution < -0.4 is 9.62 Å². The summed E-state index contributed by atoms with van der Waals surface area (Å²) in [6.45, 7) is 1.20. The summed E-state index contributed by atoms with van der Waals surface area (Å²) >= 11 is 3.43. The van der Waals surface area contributed by atoms with Crippen molar-refractivity contribution in [3.05, 3.63) is 64.4 Å². The maximum Gasteiger partial charge on any atom is 0.304 e. The fourth-order valence-corrected chi connectivity index (χ4v) is 5.63. The predicted octanol–water partition coefficient (Wildman–Crippen LogP) is 3.68. The first-order chi connectivity index (χ1) is 17.0. The Morgan fingerprint density at radius 1 is 1.11 bits per heavy atom. The van der Waals surface area contributed by atoms with E-state index in [1.807, 2.05) is 24.3 Å². The normalized spacial score (nSPS) is 15.1. The van der Waals surface area contributed by atoms with Crippen LogP contribution in [0, 0.1) is 5.82 Å². The minimum absolute atomic E-state index is 0.0765. The van der Waals surface area contributed by atoms with Crippen molar-refractivity contribution in [1.82, 2.24) is 14.5 Å². The lowest BCUT2D eigenvalue weighted by molar-refractivity contribution is -0.139. The monoisotopic (exact) mass is 582 g/mol. The molecule has 0 spiro atoms. The van der Waals surface area contributed by atoms with Crippen LogP contribution >= 0.6 is 15.9 Å². The molecule has 1 fully saturated rings. The molecule has 196 valence electrons. The van der Waals surface area contributed by atoms with Gasteiger partial charge in [-0.25, -0.2) is 8.70 Å². The summed E-state index contributed by atoms with van der Waals surface area (Å²) in [5.74, 6) is -1.37. The van der Waals surface area contributed by atoms with Gasteiger partial charge in [0.15, 0.2) is 0 Å². The van der Waals surface area contributed by atoms with Gasteiger partial charge < -0.3 is 10.2 Å². The summed E-state index contributed by atoms with van der Waals surface area (Å²) < 4.78 is 42.5. The van der Waals surface area contributed by atoms with Gasteiger partial charge >= 0.3 is 10.2 Å². The highest BCUT2D eigenvalue weighted by atomic mass is 79.9. The summed E-state index contributed by atoms with van der Waals surface area (Å²) in [6, 6.07) is 11.5. The minimum Gasteiger partial charge on any atom is -0.352 e. The highest BCUT2D eigenvalue weighted by Crippen LogP contribution is 2.22. The van der Waals surface area contributed by atoms with Crippen molar-refractivity contribution in [2.45, 2.75) is 51.2 Å². The van der Waals surface area contributed by atoms with E-state index in [-0.39, 0.29) is 24.2 Å². The highest BCUT2D eigenvalue weighted by molar-refractivity contribution is 9.10. The van der Waals surface area contributed by atoms with Gasteiger partial charge in [0.2, 0.25) is 11.8 Å². The molecule has 11 heteroatoms. The third kappa shape index (κ3) is 7.04. The number of hydrogen-bond acceptors (Lipinski definition) is 4. The van der Waals surface area contributed by atoms with Crippen molar-refractivity contribution in [2.24, 2.45) is 0 Å². The van der Waals surface area contributed by atoms with Crippen LogP contribution in [0.3, 0.4) is 0 Å². The van der Waals surface area contributed by atoms with Crippen molar-refractivity contribution >= 4 is 43.6 Å². The lowest BCUT2D eigenvalue weighted by Crippen LogP contribution is -2.53. The first kappa shape index (κ1) is 28.1. The molecule has 0 saturated heterocycles. The summed E-state index contributed by atoms with van der Waals surface area (Å²) in [4.78, 5) is 28.2. The van der Waals surface area contributed by atoms with Gasteiger partial charge in [0.05, 0.1) is 5.69 Å². The van der Waals surface area contributed by atoms with Crippen LogP contribution in [0.15, 0.2) is 53.0 Å². The first-order valence-corrected chi connectivity index (χ1v) is 14.0. The van der Waals surface area contributed by atoms with Crippen LogP contribution in [0.2, 0.25) is 0 Å². The number of carbonyl (C=O) groups is 2. The number of amides is 2. The van der Waals surface area contributed by atoms with Gasteiger partial charge in [-0.15, -0.1) is 0 Å². The molecule has 1 aliphatic carbocycles. The van der Waals surface area contributed by atoms with Gasteiger partial charge in [0.25, 0.3) is 0 Å². The van der Waals surface area contributed by atoms with Gasteiger partial charge in [-0.3, -0.25) is 9.59 Å². The molecule has 1 atom stereocenters. The molecule has 8 nitrogen and oxygen atoms in total. The second-order valence-corrected chi connectivity index (χ2v) is 12.1. The van der Waals surface area contributed by atoms with Crippen LogP contribution in [0.25, 0.3) is 0 Å². The maximum atomic E-state index is 13.7. The molecule has 0 aromatic heterocycles. The number of carbonyl (C=O) groups excluding carboxylic acids is 2. The second-order valence-electron chi connectivity index (χ2n) is 9.09. The molecular formula is C25H32BrFN4O4S. The second kappa shape index (κ2) is 12.2. The zero-order valence-corrected chi connectivity index (χ0v) is 23.1. The molecule has 1 saturated carbocycles. The van der Waals surface area contributed by atoms with E-state index in [0.717, 1.165) is 56.5 Å². The van der Waals surface area contributed by atoms with Crippen LogP contribution in [-0.4, -0.2) is 62.2 Å². The van der Waals surface area contributed by atoms with E-state index < -0.39 is 34.5 Å². The van der Waals surface area contributed by atoms with Gasteiger partial charge in [0.1, 0.15) is 18.4 Å². The molecule has 0 radical (unpaired) electrons. The smallest absolute Gasteiger partial charge is 0.304 e. The Morgan fingerprint density at radius 2 is 1.75 bits per heavy atom. The number of rotatable bonds is 10. The number of nitrogens with one attached hydrogen (secondary N) is 1. The SMILES string of the molecule is CC(C(=O)NC1CCCC1)N(Cc1cccc(Br)c1)C(=O)CN(c1ccc(F)cc1)S(=O)(=O)N(C)C. The quantitative estimate of drug-likeness (QED) is 0.462. The fraction of sp³-hybridized carbons (Fsp3) is 0.440. The van der Waals surface area contributed by atoms with Gasteiger partial charge in [-0.05, 0) is 61.7 Å². The van der Waals surface area contributed by atoms with Crippen molar-refractivity contribution in [3.63, 3.8) is 0 Å². The van der Waals surface area contributed by atoms with E-state index in [9.17, 15) is 22.4 Å². The highest BCUT2D eigenvalue weighted by Gasteiger charge is 2.33. The molecule has 3 rings (SSSR count). The third-order valence-corrected chi connectivity index (χ3v) is 8.56. The number of benzene rings is 2. The Kier molecular flexibility index (Phi) is 9.48. The average Bonchev–Trinajstić information content (AvgIpc) is 3.34. The summed E-state index contributed by atoms with van der Waals surface area (Å²) in [5.41, 5.74) is 0.922. The number of halogens is 2. The topological polar surface area (TPSA) is 90.0 Å². The zero-order chi connectivity index (χ0) is 26.5. The molecule has 2 aromatic rings. The van der Waals surface area contributed by atoms with Crippen LogP contribution in [0.5, 0.6) is 0 Å². The Labute approximate surface area is 220 Å². The fourth-order valence-electron chi connectivity index (χ4n) is 4.13. The van der Waals surface area contributed by atoms with Crippen molar-refractivity contribution in [2.75, 3.05) is 24.9 Å². The first-order valence-electron chi connectivity index (χ1n) is 11.8. The molecule has 1 aliphatic rings. The molecular weight excluding hydrogens is 551 g/mol. The zero-order valence-electron chi connectivity index (χ0n) is 20.7. The summed E-state index contributed by atoms with van der Waals surface area (Å²) in [5, 5.41) is 3.03. The van der Waals surface area contributed by atoms with Crippen molar-refractivity contribution < 1.29 is 22.4 Å². The predicted molar refractivity (Wildman–Crippen MR) is 141 cm³/mol. The van der Waals surface area contributed by atoms with Gasteiger partial charge in [-0.2, -0.15) is 12.7 Å². The van der Waals surface area contributed by atoms with Crippen LogP contribution in [0.4, 0.5) is 10.1 Å². The number of nitrogens with zero attached hydrogens (tertiary/aromatic N) is 3. The van der Waals surface area contributed by atoms with Crippen LogP contribution in [0.1, 0.15) is 38.2 Å². The van der Waals surface area contributed by atoms with Gasteiger partial charge in [0, 0.05) is 31.2 Å². The molecule has 1 N–H and O–H groups in total. The lowest BCUT2D eigenvalue weighted by Gasteiger charge is -2.33. The molecule has 36 heavy (non-hydrogen) atoms. The van der Waals surface area contributed by atoms with E-state index in [2.05, 4.69) is 21.2 Å². The lowest BCUT2D eigenvalue weighted by atomic mass is 10.1. The Balaban J connectivity index is 1.92. The van der Waals surface area contributed by atoms with Crippen molar-refractivity contribution in [3.8, 4) is 0 Å². The number of hydrogen-bond donors (Lipinski definition) is 1. The van der Waals surface area contributed by atoms with E-state index >= 15 is 0 Å². The Bertz CT molecular complexity index is 1170. The largest absolute Gasteiger partial charge is 0.352 e. The van der Waals surface area contributed by atoms with Crippen LogP contribution in [-0.2, 0) is 26.3 Å². The van der Waals surface area contributed by atoms with E-state index in [1.165, 1.54) is 31.1 Å². The van der Waals surface area contributed by atoms with E-state index in [4.69, 9.17) is 0 Å². The Morgan fingerprint density at radius 3 is 2.33 bits per heavy atom.